The van der Waals surface area contributed by atoms with Crippen molar-refractivity contribution in [3.63, 3.8) is 0 Å². The van der Waals surface area contributed by atoms with E-state index in [-0.39, 0.29) is 5.60 Å². The van der Waals surface area contributed by atoms with Gasteiger partial charge in [-0.3, -0.25) is 0 Å². The zero-order valence-corrected chi connectivity index (χ0v) is 10.6. The Bertz CT molecular complexity index is 208. The van der Waals surface area contributed by atoms with Crippen LogP contribution in [0.25, 0.3) is 0 Å². The molecule has 1 aliphatic heterocycles. The third-order valence-electron chi connectivity index (χ3n) is 3.33. The van der Waals surface area contributed by atoms with Gasteiger partial charge < -0.3 is 14.8 Å². The Balaban J connectivity index is 2.14. The van der Waals surface area contributed by atoms with Gasteiger partial charge in [0.2, 0.25) is 0 Å². The molecule has 1 rings (SSSR count). The molecule has 1 fully saturated rings. The van der Waals surface area contributed by atoms with E-state index in [4.69, 9.17) is 9.47 Å². The Kier molecular flexibility index (Phi) is 5.85. The molecule has 3 nitrogen and oxygen atoms in total. The highest BCUT2D eigenvalue weighted by molar-refractivity contribution is 4.85. The second-order valence-corrected chi connectivity index (χ2v) is 4.69. The highest BCUT2D eigenvalue weighted by atomic mass is 16.5. The standard InChI is InChI=1S/C13H25NO2/c1-4-13(3)11-12(7-10-16-13)14-8-6-9-15-5-2/h5,12,14H,2,4,6-11H2,1,3H3. The maximum absolute atomic E-state index is 5.81. The molecule has 2 unspecified atom stereocenters. The molecule has 1 heterocycles. The van der Waals surface area contributed by atoms with Gasteiger partial charge in [0.1, 0.15) is 0 Å². The molecular formula is C13H25NO2. The van der Waals surface area contributed by atoms with Gasteiger partial charge in [0, 0.05) is 12.6 Å². The van der Waals surface area contributed by atoms with E-state index in [2.05, 4.69) is 25.7 Å². The van der Waals surface area contributed by atoms with Crippen LogP contribution in [0.3, 0.4) is 0 Å². The quantitative estimate of drug-likeness (QED) is 0.535. The van der Waals surface area contributed by atoms with E-state index in [1.165, 1.54) is 6.26 Å². The van der Waals surface area contributed by atoms with Gasteiger partial charge in [-0.1, -0.05) is 13.5 Å². The zero-order chi connectivity index (χ0) is 11.9. The summed E-state index contributed by atoms with van der Waals surface area (Å²) in [6.07, 6.45) is 5.86. The Morgan fingerprint density at radius 1 is 1.62 bits per heavy atom. The summed E-state index contributed by atoms with van der Waals surface area (Å²) in [7, 11) is 0. The maximum atomic E-state index is 5.81. The van der Waals surface area contributed by atoms with Crippen LogP contribution in [-0.2, 0) is 9.47 Å². The molecule has 1 N–H and O–H groups in total. The first-order chi connectivity index (χ1) is 7.70. The van der Waals surface area contributed by atoms with Crippen molar-refractivity contribution in [2.24, 2.45) is 0 Å². The lowest BCUT2D eigenvalue weighted by Crippen LogP contribution is -2.45. The molecule has 16 heavy (non-hydrogen) atoms. The van der Waals surface area contributed by atoms with Crippen LogP contribution < -0.4 is 5.32 Å². The average Bonchev–Trinajstić information content (AvgIpc) is 2.29. The van der Waals surface area contributed by atoms with Crippen LogP contribution in [0.15, 0.2) is 12.8 Å². The molecule has 0 aliphatic carbocycles. The van der Waals surface area contributed by atoms with Crippen molar-refractivity contribution in [1.82, 2.24) is 5.32 Å². The minimum Gasteiger partial charge on any atom is -0.502 e. The topological polar surface area (TPSA) is 30.5 Å². The molecule has 94 valence electrons. The monoisotopic (exact) mass is 227 g/mol. The van der Waals surface area contributed by atoms with Gasteiger partial charge in [-0.25, -0.2) is 0 Å². The third kappa shape index (κ3) is 4.54. The summed E-state index contributed by atoms with van der Waals surface area (Å²) in [6, 6.07) is 0.599. The maximum Gasteiger partial charge on any atom is 0.0885 e. The van der Waals surface area contributed by atoms with E-state index < -0.39 is 0 Å². The minimum atomic E-state index is 0.0769. The predicted molar refractivity (Wildman–Crippen MR) is 66.4 cm³/mol. The molecule has 0 spiro atoms. The van der Waals surface area contributed by atoms with E-state index >= 15 is 0 Å². The van der Waals surface area contributed by atoms with Gasteiger partial charge in [-0.15, -0.1) is 0 Å². The molecule has 0 aromatic carbocycles. The number of hydrogen-bond acceptors (Lipinski definition) is 3. The van der Waals surface area contributed by atoms with E-state index in [9.17, 15) is 0 Å². The molecule has 0 saturated carbocycles. The molecular weight excluding hydrogens is 202 g/mol. The molecule has 3 heteroatoms. The van der Waals surface area contributed by atoms with Crippen molar-refractivity contribution in [1.29, 1.82) is 0 Å². The van der Waals surface area contributed by atoms with Crippen LogP contribution >= 0.6 is 0 Å². The number of rotatable bonds is 7. The first-order valence-corrected chi connectivity index (χ1v) is 6.30. The summed E-state index contributed by atoms with van der Waals surface area (Å²) in [5, 5.41) is 3.58. The van der Waals surface area contributed by atoms with Crippen LogP contribution in [0.5, 0.6) is 0 Å². The predicted octanol–water partition coefficient (Wildman–Crippen LogP) is 2.47. The summed E-state index contributed by atoms with van der Waals surface area (Å²) < 4.78 is 10.9. The van der Waals surface area contributed by atoms with Crippen LogP contribution in [0.1, 0.15) is 39.5 Å². The molecule has 1 aliphatic rings. The first-order valence-electron chi connectivity index (χ1n) is 6.30. The summed E-state index contributed by atoms with van der Waals surface area (Å²) >= 11 is 0. The lowest BCUT2D eigenvalue weighted by molar-refractivity contribution is -0.0779. The lowest BCUT2D eigenvalue weighted by Gasteiger charge is -2.38. The molecule has 0 aromatic rings. The van der Waals surface area contributed by atoms with Crippen molar-refractivity contribution in [3.8, 4) is 0 Å². The van der Waals surface area contributed by atoms with Gasteiger partial charge in [0.15, 0.2) is 0 Å². The fourth-order valence-corrected chi connectivity index (χ4v) is 2.10. The number of ether oxygens (including phenoxy) is 2. The normalized spacial score (nSPS) is 30.0. The van der Waals surface area contributed by atoms with E-state index in [1.54, 1.807) is 0 Å². The van der Waals surface area contributed by atoms with Crippen molar-refractivity contribution < 1.29 is 9.47 Å². The van der Waals surface area contributed by atoms with Gasteiger partial charge in [0.25, 0.3) is 0 Å². The van der Waals surface area contributed by atoms with Gasteiger partial charge in [0.05, 0.1) is 18.5 Å². The van der Waals surface area contributed by atoms with E-state index in [0.717, 1.165) is 45.4 Å². The Hall–Kier alpha value is -0.540. The zero-order valence-electron chi connectivity index (χ0n) is 10.6. The van der Waals surface area contributed by atoms with Gasteiger partial charge in [-0.2, -0.15) is 0 Å². The lowest BCUT2D eigenvalue weighted by atomic mass is 9.90. The number of hydrogen-bond donors (Lipinski definition) is 1. The van der Waals surface area contributed by atoms with Crippen molar-refractivity contribution in [2.45, 2.75) is 51.2 Å². The van der Waals surface area contributed by atoms with Gasteiger partial charge in [-0.05, 0) is 39.2 Å². The molecule has 0 amide bonds. The summed E-state index contributed by atoms with van der Waals surface area (Å²) in [4.78, 5) is 0. The van der Waals surface area contributed by atoms with Crippen molar-refractivity contribution in [2.75, 3.05) is 19.8 Å². The average molecular weight is 227 g/mol. The molecule has 2 atom stereocenters. The highest BCUT2D eigenvalue weighted by Gasteiger charge is 2.30. The number of nitrogens with one attached hydrogen (secondary N) is 1. The van der Waals surface area contributed by atoms with Crippen LogP contribution in [-0.4, -0.2) is 31.4 Å². The van der Waals surface area contributed by atoms with Crippen LogP contribution in [0.4, 0.5) is 0 Å². The minimum absolute atomic E-state index is 0.0769. The second kappa shape index (κ2) is 6.92. The molecule has 0 bridgehead atoms. The smallest absolute Gasteiger partial charge is 0.0885 e. The summed E-state index contributed by atoms with van der Waals surface area (Å²) in [5.74, 6) is 0. The third-order valence-corrected chi connectivity index (χ3v) is 3.33. The summed E-state index contributed by atoms with van der Waals surface area (Å²) in [5.41, 5.74) is 0.0769. The molecule has 1 saturated heterocycles. The largest absolute Gasteiger partial charge is 0.502 e. The van der Waals surface area contributed by atoms with E-state index in [1.807, 2.05) is 0 Å². The van der Waals surface area contributed by atoms with Crippen molar-refractivity contribution >= 4 is 0 Å². The second-order valence-electron chi connectivity index (χ2n) is 4.69. The summed E-state index contributed by atoms with van der Waals surface area (Å²) in [6.45, 7) is 10.6. The van der Waals surface area contributed by atoms with Gasteiger partial charge >= 0.3 is 0 Å². The van der Waals surface area contributed by atoms with Crippen molar-refractivity contribution in [3.05, 3.63) is 12.8 Å². The molecule has 0 aromatic heterocycles. The fourth-order valence-electron chi connectivity index (χ4n) is 2.10. The first kappa shape index (κ1) is 13.5. The fraction of sp³-hybridized carbons (Fsp3) is 0.846. The Labute approximate surface area is 99.2 Å². The van der Waals surface area contributed by atoms with Crippen LogP contribution in [0.2, 0.25) is 0 Å². The van der Waals surface area contributed by atoms with E-state index in [0.29, 0.717) is 6.04 Å². The Morgan fingerprint density at radius 2 is 2.44 bits per heavy atom. The molecule has 0 radical (unpaired) electrons. The Morgan fingerprint density at radius 3 is 3.12 bits per heavy atom. The highest BCUT2D eigenvalue weighted by Crippen LogP contribution is 2.27. The SMILES string of the molecule is C=COCCCNC1CCOC(C)(CC)C1. The van der Waals surface area contributed by atoms with Crippen LogP contribution in [0, 0.1) is 0 Å².